The van der Waals surface area contributed by atoms with Gasteiger partial charge < -0.3 is 4.57 Å². The van der Waals surface area contributed by atoms with Gasteiger partial charge in [0.2, 0.25) is 0 Å². The van der Waals surface area contributed by atoms with Crippen molar-refractivity contribution in [3.63, 3.8) is 0 Å². The molecule has 0 radical (unpaired) electrons. The second kappa shape index (κ2) is 7.82. The zero-order chi connectivity index (χ0) is 24.2. The number of nitriles is 2. The first kappa shape index (κ1) is 20.5. The lowest BCUT2D eigenvalue weighted by atomic mass is 9.97. The summed E-state index contributed by atoms with van der Waals surface area (Å²) in [5.74, 6) is 0. The lowest BCUT2D eigenvalue weighted by molar-refractivity contribution is 1.17. The average Bonchev–Trinajstić information content (AvgIpc) is 3.47. The summed E-state index contributed by atoms with van der Waals surface area (Å²) < 4.78 is 4.52. The molecule has 0 N–H and O–H groups in total. The fourth-order valence-corrected chi connectivity index (χ4v) is 6.35. The molecule has 0 amide bonds. The first-order chi connectivity index (χ1) is 17.8. The van der Waals surface area contributed by atoms with Crippen LogP contribution in [0.4, 0.5) is 0 Å². The maximum absolute atomic E-state index is 10.4. The Labute approximate surface area is 211 Å². The molecule has 5 aromatic carbocycles. The number of para-hydroxylation sites is 2. The summed E-state index contributed by atoms with van der Waals surface area (Å²) in [6.45, 7) is 0. The minimum absolute atomic E-state index is 0.639. The fraction of sp³-hybridized carbons (Fsp3) is 0. The summed E-state index contributed by atoms with van der Waals surface area (Å²) in [5.41, 5.74) is 6.21. The molecule has 0 aliphatic heterocycles. The van der Waals surface area contributed by atoms with E-state index in [0.29, 0.717) is 11.1 Å². The lowest BCUT2D eigenvalue weighted by Crippen LogP contribution is -1.99. The first-order valence-corrected chi connectivity index (χ1v) is 12.5. The molecule has 166 valence electrons. The van der Waals surface area contributed by atoms with Crippen LogP contribution in [-0.2, 0) is 0 Å². The molecule has 0 saturated carbocycles. The van der Waals surface area contributed by atoms with Gasteiger partial charge in [-0.1, -0.05) is 54.6 Å². The Kier molecular flexibility index (Phi) is 4.45. The molecule has 0 aliphatic carbocycles. The van der Waals surface area contributed by atoms with Crippen LogP contribution in [0, 0.1) is 22.7 Å². The van der Waals surface area contributed by atoms with Crippen LogP contribution in [0.1, 0.15) is 11.1 Å². The monoisotopic (exact) mass is 475 g/mol. The average molecular weight is 476 g/mol. The summed E-state index contributed by atoms with van der Waals surface area (Å²) in [5, 5.41) is 24.3. The third kappa shape index (κ3) is 2.89. The second-order valence-electron chi connectivity index (χ2n) is 8.82. The summed E-state index contributed by atoms with van der Waals surface area (Å²) >= 11 is 1.72. The molecule has 7 aromatic rings. The van der Waals surface area contributed by atoms with Gasteiger partial charge in [-0.25, -0.2) is 0 Å². The largest absolute Gasteiger partial charge is 0.308 e. The Morgan fingerprint density at radius 2 is 1.25 bits per heavy atom. The lowest BCUT2D eigenvalue weighted by Gasteiger charge is -2.13. The SMILES string of the molecule is N#Cc1ccc2sc3ccc(-c4cccc(-n5c6ccccc6c6ccccc65)c4C#N)cc3c2c1. The molecular weight excluding hydrogens is 458 g/mol. The molecule has 2 aromatic heterocycles. The van der Waals surface area contributed by atoms with Gasteiger partial charge in [-0.2, -0.15) is 10.5 Å². The van der Waals surface area contributed by atoms with Crippen molar-refractivity contribution in [2.75, 3.05) is 0 Å². The highest BCUT2D eigenvalue weighted by Crippen LogP contribution is 2.39. The Morgan fingerprint density at radius 3 is 1.94 bits per heavy atom. The molecule has 0 bridgehead atoms. The van der Waals surface area contributed by atoms with E-state index in [1.807, 2.05) is 48.5 Å². The van der Waals surface area contributed by atoms with E-state index in [1.54, 1.807) is 11.3 Å². The molecule has 0 saturated heterocycles. The van der Waals surface area contributed by atoms with Crippen molar-refractivity contribution in [1.29, 1.82) is 10.5 Å². The van der Waals surface area contributed by atoms with E-state index in [1.165, 1.54) is 15.5 Å². The maximum atomic E-state index is 10.4. The standard InChI is InChI=1S/C32H17N3S/c33-18-20-12-14-31-25(16-20)26-17-21(13-15-32(26)36-31)22-8-5-11-30(27(22)19-34)35-28-9-3-1-6-23(28)24-7-2-4-10-29(24)35/h1-17H. The van der Waals surface area contributed by atoms with Crippen LogP contribution < -0.4 is 0 Å². The Morgan fingerprint density at radius 1 is 0.583 bits per heavy atom. The molecule has 4 heteroatoms. The maximum Gasteiger partial charge on any atom is 0.102 e. The Bertz CT molecular complexity index is 2030. The van der Waals surface area contributed by atoms with Crippen LogP contribution in [0.3, 0.4) is 0 Å². The molecule has 0 fully saturated rings. The van der Waals surface area contributed by atoms with Crippen LogP contribution in [0.2, 0.25) is 0 Å². The second-order valence-corrected chi connectivity index (χ2v) is 9.90. The van der Waals surface area contributed by atoms with Crippen molar-refractivity contribution in [3.05, 3.63) is 114 Å². The van der Waals surface area contributed by atoms with Crippen LogP contribution in [0.25, 0.3) is 58.8 Å². The molecule has 0 aliphatic rings. The van der Waals surface area contributed by atoms with E-state index in [-0.39, 0.29) is 0 Å². The molecule has 3 nitrogen and oxygen atoms in total. The molecular formula is C32H17N3S. The number of rotatable bonds is 2. The zero-order valence-electron chi connectivity index (χ0n) is 19.1. The van der Waals surface area contributed by atoms with Gasteiger partial charge in [0.15, 0.2) is 0 Å². The predicted molar refractivity (Wildman–Crippen MR) is 149 cm³/mol. The summed E-state index contributed by atoms with van der Waals surface area (Å²) in [4.78, 5) is 0. The normalized spacial score (nSPS) is 11.3. The third-order valence-electron chi connectivity index (χ3n) is 6.88. The molecule has 2 heterocycles. The van der Waals surface area contributed by atoms with Gasteiger partial charge in [0.05, 0.1) is 33.9 Å². The predicted octanol–water partition coefficient (Wildman–Crippen LogP) is 8.56. The van der Waals surface area contributed by atoms with Gasteiger partial charge >= 0.3 is 0 Å². The summed E-state index contributed by atoms with van der Waals surface area (Å²) in [6, 6.07) is 39.7. The van der Waals surface area contributed by atoms with Crippen LogP contribution >= 0.6 is 11.3 Å². The van der Waals surface area contributed by atoms with Crippen molar-refractivity contribution < 1.29 is 0 Å². The highest BCUT2D eigenvalue weighted by Gasteiger charge is 2.17. The van der Waals surface area contributed by atoms with E-state index in [0.717, 1.165) is 43.3 Å². The number of nitrogens with zero attached hydrogens (tertiary/aromatic N) is 3. The number of benzene rings is 5. The first-order valence-electron chi connectivity index (χ1n) is 11.7. The Hall–Kier alpha value is -4.90. The smallest absolute Gasteiger partial charge is 0.102 e. The molecule has 36 heavy (non-hydrogen) atoms. The van der Waals surface area contributed by atoms with Crippen molar-refractivity contribution in [1.82, 2.24) is 4.57 Å². The van der Waals surface area contributed by atoms with E-state index in [2.05, 4.69) is 71.3 Å². The van der Waals surface area contributed by atoms with Crippen LogP contribution in [0.5, 0.6) is 0 Å². The Balaban J connectivity index is 1.51. The third-order valence-corrected chi connectivity index (χ3v) is 8.04. The van der Waals surface area contributed by atoms with E-state index >= 15 is 0 Å². The number of fused-ring (bicyclic) bond motifs is 6. The van der Waals surface area contributed by atoms with Crippen molar-refractivity contribution in [2.24, 2.45) is 0 Å². The van der Waals surface area contributed by atoms with Crippen LogP contribution in [-0.4, -0.2) is 4.57 Å². The molecule has 0 unspecified atom stereocenters. The molecule has 0 spiro atoms. The van der Waals surface area contributed by atoms with Crippen molar-refractivity contribution in [2.45, 2.75) is 0 Å². The van der Waals surface area contributed by atoms with Gasteiger partial charge in [0.25, 0.3) is 0 Å². The van der Waals surface area contributed by atoms with Gasteiger partial charge in [-0.15, -0.1) is 11.3 Å². The topological polar surface area (TPSA) is 52.5 Å². The minimum Gasteiger partial charge on any atom is -0.308 e. The highest BCUT2D eigenvalue weighted by molar-refractivity contribution is 7.25. The van der Waals surface area contributed by atoms with E-state index < -0.39 is 0 Å². The summed E-state index contributed by atoms with van der Waals surface area (Å²) in [7, 11) is 0. The van der Waals surface area contributed by atoms with Gasteiger partial charge in [-0.3, -0.25) is 0 Å². The van der Waals surface area contributed by atoms with E-state index in [4.69, 9.17) is 0 Å². The fourth-order valence-electron chi connectivity index (χ4n) is 5.28. The van der Waals surface area contributed by atoms with E-state index in [9.17, 15) is 10.5 Å². The van der Waals surface area contributed by atoms with Gasteiger partial charge in [0, 0.05) is 36.5 Å². The van der Waals surface area contributed by atoms with Gasteiger partial charge in [-0.05, 0) is 54.1 Å². The molecule has 0 atom stereocenters. The number of hydrogen-bond acceptors (Lipinski definition) is 3. The number of aromatic nitrogens is 1. The van der Waals surface area contributed by atoms with Crippen molar-refractivity contribution >= 4 is 53.3 Å². The zero-order valence-corrected chi connectivity index (χ0v) is 19.9. The number of thiophene rings is 1. The number of hydrogen-bond donors (Lipinski definition) is 0. The van der Waals surface area contributed by atoms with Crippen molar-refractivity contribution in [3.8, 4) is 29.0 Å². The highest BCUT2D eigenvalue weighted by atomic mass is 32.1. The molecule has 7 rings (SSSR count). The van der Waals surface area contributed by atoms with Gasteiger partial charge in [0.1, 0.15) is 6.07 Å². The van der Waals surface area contributed by atoms with Crippen LogP contribution in [0.15, 0.2) is 103 Å². The quantitative estimate of drug-likeness (QED) is 0.251. The minimum atomic E-state index is 0.639. The summed E-state index contributed by atoms with van der Waals surface area (Å²) in [6.07, 6.45) is 0.